The molecule has 2 saturated carbocycles. The average Bonchev–Trinajstić information content (AvgIpc) is 2.48. The smallest absolute Gasteiger partial charge is 0.325 e. The van der Waals surface area contributed by atoms with E-state index in [9.17, 15) is 9.90 Å². The van der Waals surface area contributed by atoms with Gasteiger partial charge in [0.1, 0.15) is 5.54 Å². The highest BCUT2D eigenvalue weighted by Gasteiger charge is 2.47. The number of rotatable bonds is 5. The van der Waals surface area contributed by atoms with Crippen LogP contribution < -0.4 is 11.5 Å². The third-order valence-electron chi connectivity index (χ3n) is 5.58. The lowest BCUT2D eigenvalue weighted by atomic mass is 9.69. The van der Waals surface area contributed by atoms with E-state index in [0.29, 0.717) is 5.92 Å². The van der Waals surface area contributed by atoms with Crippen LogP contribution in [0, 0.1) is 11.8 Å². The Balaban J connectivity index is 2.03. The maximum Gasteiger partial charge on any atom is 0.325 e. The summed E-state index contributed by atoms with van der Waals surface area (Å²) in [4.78, 5) is 11.8. The molecule has 0 aliphatic heterocycles. The minimum atomic E-state index is -1.22. The zero-order valence-corrected chi connectivity index (χ0v) is 12.5. The molecule has 2 aliphatic carbocycles. The van der Waals surface area contributed by atoms with Crippen LogP contribution in [0.4, 0.5) is 0 Å². The number of carboxylic acids is 1. The SMILES string of the molecule is NC(CC1CCCCC1)C(N)(C(=O)O)C1CCCCC1. The number of aliphatic carboxylic acids is 1. The van der Waals surface area contributed by atoms with Crippen molar-refractivity contribution in [3.8, 4) is 0 Å². The summed E-state index contributed by atoms with van der Waals surface area (Å²) in [6, 6.07) is -0.411. The van der Waals surface area contributed by atoms with Gasteiger partial charge in [-0.15, -0.1) is 0 Å². The first-order valence-electron chi connectivity index (χ1n) is 8.33. The van der Waals surface area contributed by atoms with Crippen molar-refractivity contribution in [1.29, 1.82) is 0 Å². The molecule has 20 heavy (non-hydrogen) atoms. The Kier molecular flexibility index (Phi) is 5.44. The van der Waals surface area contributed by atoms with Gasteiger partial charge in [0.25, 0.3) is 0 Å². The zero-order chi connectivity index (χ0) is 14.6. The van der Waals surface area contributed by atoms with Gasteiger partial charge >= 0.3 is 5.97 Å². The van der Waals surface area contributed by atoms with Gasteiger partial charge in [0.2, 0.25) is 0 Å². The predicted molar refractivity (Wildman–Crippen MR) is 80.3 cm³/mol. The van der Waals surface area contributed by atoms with E-state index in [-0.39, 0.29) is 5.92 Å². The minimum Gasteiger partial charge on any atom is -0.480 e. The number of hydrogen-bond acceptors (Lipinski definition) is 3. The molecule has 0 radical (unpaired) electrons. The highest BCUT2D eigenvalue weighted by atomic mass is 16.4. The Morgan fingerprint density at radius 2 is 1.55 bits per heavy atom. The van der Waals surface area contributed by atoms with Gasteiger partial charge in [-0.2, -0.15) is 0 Å². The molecule has 4 nitrogen and oxygen atoms in total. The van der Waals surface area contributed by atoms with Gasteiger partial charge in [-0.05, 0) is 31.1 Å². The van der Waals surface area contributed by atoms with Gasteiger partial charge in [0.15, 0.2) is 0 Å². The lowest BCUT2D eigenvalue weighted by Crippen LogP contribution is -2.66. The minimum absolute atomic E-state index is 0.0485. The summed E-state index contributed by atoms with van der Waals surface area (Å²) >= 11 is 0. The molecule has 0 saturated heterocycles. The maximum atomic E-state index is 11.8. The summed E-state index contributed by atoms with van der Waals surface area (Å²) in [5.41, 5.74) is 11.4. The average molecular weight is 282 g/mol. The summed E-state index contributed by atoms with van der Waals surface area (Å²) in [5, 5.41) is 9.68. The van der Waals surface area contributed by atoms with Crippen molar-refractivity contribution in [1.82, 2.24) is 0 Å². The highest BCUT2D eigenvalue weighted by Crippen LogP contribution is 2.36. The molecule has 2 aliphatic rings. The largest absolute Gasteiger partial charge is 0.480 e. The standard InChI is InChI=1S/C16H30N2O2/c17-14(11-12-7-3-1-4-8-12)16(18,15(19)20)13-9-5-2-6-10-13/h12-14H,1-11,17-18H2,(H,19,20). The third-order valence-corrected chi connectivity index (χ3v) is 5.58. The summed E-state index contributed by atoms with van der Waals surface area (Å²) in [7, 11) is 0. The van der Waals surface area contributed by atoms with Gasteiger partial charge in [0, 0.05) is 6.04 Å². The Hall–Kier alpha value is -0.610. The number of carbonyl (C=O) groups is 1. The Morgan fingerprint density at radius 3 is 2.05 bits per heavy atom. The molecule has 0 spiro atoms. The molecule has 0 aromatic rings. The first kappa shape index (κ1) is 15.8. The number of nitrogens with two attached hydrogens (primary N) is 2. The molecule has 0 aromatic heterocycles. The molecule has 0 heterocycles. The molecule has 0 bridgehead atoms. The molecule has 2 rings (SSSR count). The molecule has 2 fully saturated rings. The number of carboxylic acid groups (broad SMARTS) is 1. The van der Waals surface area contributed by atoms with Crippen LogP contribution in [0.15, 0.2) is 0 Å². The molecular formula is C16H30N2O2. The predicted octanol–water partition coefficient (Wildman–Crippen LogP) is 2.65. The van der Waals surface area contributed by atoms with E-state index >= 15 is 0 Å². The Morgan fingerprint density at radius 1 is 1.05 bits per heavy atom. The van der Waals surface area contributed by atoms with Crippen LogP contribution in [0.25, 0.3) is 0 Å². The second kappa shape index (κ2) is 6.90. The van der Waals surface area contributed by atoms with Crippen molar-refractivity contribution in [3.63, 3.8) is 0 Å². The fourth-order valence-electron chi connectivity index (χ4n) is 4.19. The molecule has 0 aromatic carbocycles. The van der Waals surface area contributed by atoms with E-state index in [4.69, 9.17) is 11.5 Å². The van der Waals surface area contributed by atoms with Crippen LogP contribution in [-0.2, 0) is 4.79 Å². The second-order valence-electron chi connectivity index (χ2n) is 6.92. The van der Waals surface area contributed by atoms with E-state index in [1.807, 2.05) is 0 Å². The maximum absolute atomic E-state index is 11.8. The third kappa shape index (κ3) is 3.34. The van der Waals surface area contributed by atoms with Gasteiger partial charge in [0.05, 0.1) is 0 Å². The van der Waals surface area contributed by atoms with Gasteiger partial charge in [-0.3, -0.25) is 4.79 Å². The van der Waals surface area contributed by atoms with Crippen molar-refractivity contribution in [2.75, 3.05) is 0 Å². The quantitative estimate of drug-likeness (QED) is 0.723. The first-order chi connectivity index (χ1) is 9.55. The number of hydrogen-bond donors (Lipinski definition) is 3. The molecule has 4 heteroatoms. The summed E-state index contributed by atoms with van der Waals surface area (Å²) in [6.45, 7) is 0. The topological polar surface area (TPSA) is 89.3 Å². The van der Waals surface area contributed by atoms with Crippen molar-refractivity contribution in [2.24, 2.45) is 23.3 Å². The summed E-state index contributed by atoms with van der Waals surface area (Å²) in [6.07, 6.45) is 12.2. The fraction of sp³-hybridized carbons (Fsp3) is 0.938. The Labute approximate surface area is 122 Å². The monoisotopic (exact) mass is 282 g/mol. The lowest BCUT2D eigenvalue weighted by Gasteiger charge is -2.41. The molecule has 2 unspecified atom stereocenters. The van der Waals surface area contributed by atoms with Crippen LogP contribution in [-0.4, -0.2) is 22.7 Å². The zero-order valence-electron chi connectivity index (χ0n) is 12.5. The van der Waals surface area contributed by atoms with E-state index in [2.05, 4.69) is 0 Å². The van der Waals surface area contributed by atoms with Crippen LogP contribution >= 0.6 is 0 Å². The summed E-state index contributed by atoms with van der Waals surface area (Å²) < 4.78 is 0. The van der Waals surface area contributed by atoms with Gasteiger partial charge < -0.3 is 16.6 Å². The van der Waals surface area contributed by atoms with Gasteiger partial charge in [-0.25, -0.2) is 0 Å². The van der Waals surface area contributed by atoms with E-state index < -0.39 is 17.6 Å². The Bertz CT molecular complexity index is 322. The van der Waals surface area contributed by atoms with Crippen LogP contribution in [0.1, 0.15) is 70.6 Å². The van der Waals surface area contributed by atoms with Crippen LogP contribution in [0.2, 0.25) is 0 Å². The second-order valence-corrected chi connectivity index (χ2v) is 6.92. The van der Waals surface area contributed by atoms with Crippen LogP contribution in [0.3, 0.4) is 0 Å². The fourth-order valence-corrected chi connectivity index (χ4v) is 4.19. The first-order valence-corrected chi connectivity index (χ1v) is 8.33. The molecule has 0 amide bonds. The van der Waals surface area contributed by atoms with E-state index in [0.717, 1.165) is 32.1 Å². The molecular weight excluding hydrogens is 252 g/mol. The van der Waals surface area contributed by atoms with Crippen molar-refractivity contribution in [2.45, 2.75) is 82.2 Å². The van der Waals surface area contributed by atoms with Crippen LogP contribution in [0.5, 0.6) is 0 Å². The normalized spacial score (nSPS) is 26.9. The van der Waals surface area contributed by atoms with E-state index in [1.165, 1.54) is 38.5 Å². The van der Waals surface area contributed by atoms with Crippen molar-refractivity contribution < 1.29 is 9.90 Å². The van der Waals surface area contributed by atoms with E-state index in [1.54, 1.807) is 0 Å². The van der Waals surface area contributed by atoms with Crippen molar-refractivity contribution >= 4 is 5.97 Å². The molecule has 5 N–H and O–H groups in total. The molecule has 2 atom stereocenters. The van der Waals surface area contributed by atoms with Gasteiger partial charge in [-0.1, -0.05) is 51.4 Å². The molecule has 116 valence electrons. The summed E-state index contributed by atoms with van der Waals surface area (Å²) in [5.74, 6) is -0.273. The highest BCUT2D eigenvalue weighted by molar-refractivity contribution is 5.80. The van der Waals surface area contributed by atoms with Crippen molar-refractivity contribution in [3.05, 3.63) is 0 Å². The lowest BCUT2D eigenvalue weighted by molar-refractivity contribution is -0.147.